The van der Waals surface area contributed by atoms with Crippen molar-refractivity contribution >= 4 is 11.8 Å². The SMILES string of the molecule is Cc1ccccc1CC(N)C1CSc2ccccc21. The lowest BCUT2D eigenvalue weighted by molar-refractivity contribution is 0.571. The Hall–Kier alpha value is -1.25. The average Bonchev–Trinajstić information content (AvgIpc) is 2.85. The third kappa shape index (κ3) is 2.56. The highest BCUT2D eigenvalue weighted by atomic mass is 32.2. The fourth-order valence-corrected chi connectivity index (χ4v) is 4.12. The summed E-state index contributed by atoms with van der Waals surface area (Å²) in [7, 11) is 0. The van der Waals surface area contributed by atoms with Crippen LogP contribution in [0.25, 0.3) is 0 Å². The number of hydrogen-bond acceptors (Lipinski definition) is 2. The van der Waals surface area contributed by atoms with Gasteiger partial charge in [-0.2, -0.15) is 0 Å². The molecule has 0 amide bonds. The van der Waals surface area contributed by atoms with Gasteiger partial charge in [-0.25, -0.2) is 0 Å². The zero-order chi connectivity index (χ0) is 13.2. The van der Waals surface area contributed by atoms with Crippen molar-refractivity contribution < 1.29 is 0 Å². The summed E-state index contributed by atoms with van der Waals surface area (Å²) in [5, 5.41) is 0. The van der Waals surface area contributed by atoms with Crippen LogP contribution >= 0.6 is 11.8 Å². The van der Waals surface area contributed by atoms with Gasteiger partial charge in [-0.3, -0.25) is 0 Å². The summed E-state index contributed by atoms with van der Waals surface area (Å²) in [4.78, 5) is 1.41. The summed E-state index contributed by atoms with van der Waals surface area (Å²) in [6, 6.07) is 17.4. The van der Waals surface area contributed by atoms with Gasteiger partial charge in [0, 0.05) is 22.6 Å². The Labute approximate surface area is 119 Å². The second kappa shape index (κ2) is 5.40. The molecule has 2 aromatic carbocycles. The predicted octanol–water partition coefficient (Wildman–Crippen LogP) is 3.75. The van der Waals surface area contributed by atoms with E-state index < -0.39 is 0 Å². The number of fused-ring (bicyclic) bond motifs is 1. The minimum Gasteiger partial charge on any atom is -0.327 e. The van der Waals surface area contributed by atoms with Gasteiger partial charge in [0.1, 0.15) is 0 Å². The lowest BCUT2D eigenvalue weighted by Gasteiger charge is -2.20. The van der Waals surface area contributed by atoms with Crippen molar-refractivity contribution in [3.63, 3.8) is 0 Å². The number of nitrogens with two attached hydrogens (primary N) is 1. The molecule has 3 rings (SSSR count). The summed E-state index contributed by atoms with van der Waals surface area (Å²) >= 11 is 1.94. The van der Waals surface area contributed by atoms with Crippen molar-refractivity contribution in [1.29, 1.82) is 0 Å². The van der Waals surface area contributed by atoms with Gasteiger partial charge in [-0.05, 0) is 36.1 Å². The van der Waals surface area contributed by atoms with Crippen LogP contribution in [0.2, 0.25) is 0 Å². The van der Waals surface area contributed by atoms with Crippen LogP contribution in [-0.2, 0) is 6.42 Å². The van der Waals surface area contributed by atoms with Gasteiger partial charge in [0.05, 0.1) is 0 Å². The first-order valence-electron chi connectivity index (χ1n) is 6.77. The maximum atomic E-state index is 6.48. The van der Waals surface area contributed by atoms with Gasteiger partial charge in [0.2, 0.25) is 0 Å². The van der Waals surface area contributed by atoms with E-state index in [-0.39, 0.29) is 6.04 Å². The number of hydrogen-bond donors (Lipinski definition) is 1. The highest BCUT2D eigenvalue weighted by Crippen LogP contribution is 2.41. The van der Waals surface area contributed by atoms with Crippen molar-refractivity contribution in [2.45, 2.75) is 30.2 Å². The fourth-order valence-electron chi connectivity index (χ4n) is 2.78. The molecule has 2 heteroatoms. The van der Waals surface area contributed by atoms with Crippen molar-refractivity contribution in [3.05, 3.63) is 65.2 Å². The summed E-state index contributed by atoms with van der Waals surface area (Å²) in [5.41, 5.74) is 10.6. The molecule has 2 atom stereocenters. The summed E-state index contributed by atoms with van der Waals surface area (Å²) in [5.74, 6) is 1.60. The minimum atomic E-state index is 0.206. The Bertz CT molecular complexity index is 579. The first-order valence-corrected chi connectivity index (χ1v) is 7.76. The van der Waals surface area contributed by atoms with E-state index in [1.807, 2.05) is 11.8 Å². The molecule has 98 valence electrons. The van der Waals surface area contributed by atoms with Crippen molar-refractivity contribution in [1.82, 2.24) is 0 Å². The van der Waals surface area contributed by atoms with Crippen LogP contribution in [0.4, 0.5) is 0 Å². The van der Waals surface area contributed by atoms with E-state index in [4.69, 9.17) is 5.73 Å². The van der Waals surface area contributed by atoms with E-state index in [1.54, 1.807) is 0 Å². The van der Waals surface area contributed by atoms with Crippen LogP contribution in [0.3, 0.4) is 0 Å². The van der Waals surface area contributed by atoms with Crippen LogP contribution in [0.1, 0.15) is 22.6 Å². The molecule has 2 unspecified atom stereocenters. The third-order valence-corrected chi connectivity index (χ3v) is 5.18. The summed E-state index contributed by atoms with van der Waals surface area (Å²) in [6.45, 7) is 2.17. The Morgan fingerprint density at radius 1 is 1.16 bits per heavy atom. The molecule has 19 heavy (non-hydrogen) atoms. The molecule has 0 saturated carbocycles. The van der Waals surface area contributed by atoms with Crippen molar-refractivity contribution in [2.24, 2.45) is 5.73 Å². The Kier molecular flexibility index (Phi) is 3.63. The molecule has 0 saturated heterocycles. The lowest BCUT2D eigenvalue weighted by atomic mass is 9.89. The lowest BCUT2D eigenvalue weighted by Crippen LogP contribution is -2.31. The molecule has 1 aliphatic heterocycles. The van der Waals surface area contributed by atoms with E-state index >= 15 is 0 Å². The largest absolute Gasteiger partial charge is 0.327 e. The van der Waals surface area contributed by atoms with Crippen molar-refractivity contribution in [3.8, 4) is 0 Å². The van der Waals surface area contributed by atoms with E-state index in [2.05, 4.69) is 55.5 Å². The molecule has 0 aromatic heterocycles. The standard InChI is InChI=1S/C17H19NS/c1-12-6-2-3-7-13(12)10-16(18)15-11-19-17-9-5-4-8-14(15)17/h2-9,15-16H,10-11,18H2,1H3. The molecule has 2 aromatic rings. The monoisotopic (exact) mass is 269 g/mol. The minimum absolute atomic E-state index is 0.206. The number of aryl methyl sites for hydroxylation is 1. The van der Waals surface area contributed by atoms with Crippen LogP contribution in [-0.4, -0.2) is 11.8 Å². The van der Waals surface area contributed by atoms with Crippen LogP contribution in [0.5, 0.6) is 0 Å². The van der Waals surface area contributed by atoms with E-state index in [1.165, 1.54) is 21.6 Å². The van der Waals surface area contributed by atoms with Crippen LogP contribution < -0.4 is 5.73 Å². The second-order valence-electron chi connectivity index (χ2n) is 5.25. The van der Waals surface area contributed by atoms with E-state index in [0.717, 1.165) is 12.2 Å². The van der Waals surface area contributed by atoms with Crippen LogP contribution in [0.15, 0.2) is 53.4 Å². The Morgan fingerprint density at radius 3 is 2.74 bits per heavy atom. The molecule has 0 radical (unpaired) electrons. The zero-order valence-electron chi connectivity index (χ0n) is 11.2. The first-order chi connectivity index (χ1) is 9.25. The number of thioether (sulfide) groups is 1. The maximum Gasteiger partial charge on any atom is 0.0157 e. The number of benzene rings is 2. The average molecular weight is 269 g/mol. The second-order valence-corrected chi connectivity index (χ2v) is 6.31. The molecular formula is C17H19NS. The quantitative estimate of drug-likeness (QED) is 0.918. The molecule has 1 nitrogen and oxygen atoms in total. The zero-order valence-corrected chi connectivity index (χ0v) is 12.0. The fraction of sp³-hybridized carbons (Fsp3) is 0.294. The van der Waals surface area contributed by atoms with Gasteiger partial charge >= 0.3 is 0 Å². The molecule has 0 fully saturated rings. The third-order valence-electron chi connectivity index (χ3n) is 3.97. The molecule has 0 spiro atoms. The molecule has 0 aliphatic carbocycles. The topological polar surface area (TPSA) is 26.0 Å². The predicted molar refractivity (Wildman–Crippen MR) is 82.8 cm³/mol. The number of rotatable bonds is 3. The van der Waals surface area contributed by atoms with Gasteiger partial charge in [0.15, 0.2) is 0 Å². The van der Waals surface area contributed by atoms with Crippen molar-refractivity contribution in [2.75, 3.05) is 5.75 Å². The van der Waals surface area contributed by atoms with E-state index in [0.29, 0.717) is 5.92 Å². The van der Waals surface area contributed by atoms with Gasteiger partial charge in [-0.1, -0.05) is 42.5 Å². The summed E-state index contributed by atoms with van der Waals surface area (Å²) < 4.78 is 0. The summed E-state index contributed by atoms with van der Waals surface area (Å²) in [6.07, 6.45) is 0.965. The molecular weight excluding hydrogens is 250 g/mol. The maximum absolute atomic E-state index is 6.48. The van der Waals surface area contributed by atoms with Gasteiger partial charge in [-0.15, -0.1) is 11.8 Å². The van der Waals surface area contributed by atoms with Gasteiger partial charge in [0.25, 0.3) is 0 Å². The normalized spacial score (nSPS) is 19.2. The highest BCUT2D eigenvalue weighted by Gasteiger charge is 2.28. The highest BCUT2D eigenvalue weighted by molar-refractivity contribution is 7.99. The molecule has 0 bridgehead atoms. The molecule has 1 heterocycles. The van der Waals surface area contributed by atoms with Crippen LogP contribution in [0, 0.1) is 6.92 Å². The molecule has 2 N–H and O–H groups in total. The Balaban J connectivity index is 1.79. The Morgan fingerprint density at radius 2 is 1.89 bits per heavy atom. The van der Waals surface area contributed by atoms with E-state index in [9.17, 15) is 0 Å². The smallest absolute Gasteiger partial charge is 0.0157 e. The first kappa shape index (κ1) is 12.8. The molecule has 1 aliphatic rings. The van der Waals surface area contributed by atoms with Gasteiger partial charge < -0.3 is 5.73 Å².